The summed E-state index contributed by atoms with van der Waals surface area (Å²) in [6.07, 6.45) is 1.73. The zero-order valence-corrected chi connectivity index (χ0v) is 14.4. The molecule has 1 fully saturated rings. The van der Waals surface area contributed by atoms with Crippen LogP contribution in [0.4, 0.5) is 11.4 Å². The number of piperidine rings is 1. The number of nitro benzene ring substituents is 1. The van der Waals surface area contributed by atoms with Crippen LogP contribution in [0.2, 0.25) is 0 Å². The Morgan fingerprint density at radius 1 is 1.15 bits per heavy atom. The lowest BCUT2D eigenvalue weighted by Gasteiger charge is -2.23. The lowest BCUT2D eigenvalue weighted by atomic mass is 10.1. The third-order valence-corrected chi connectivity index (χ3v) is 4.46. The minimum atomic E-state index is -0.464. The van der Waals surface area contributed by atoms with E-state index in [1.807, 2.05) is 30.3 Å². The molecule has 0 saturated carbocycles. The molecule has 7 nitrogen and oxygen atoms in total. The normalized spacial score (nSPS) is 14.6. The number of hydrogen-bond donors (Lipinski definition) is 3. The molecule has 1 amide bonds. The molecular formula is C19H22N4O3. The maximum atomic E-state index is 12.4. The highest BCUT2D eigenvalue weighted by Gasteiger charge is 2.20. The van der Waals surface area contributed by atoms with Gasteiger partial charge in [0.15, 0.2) is 0 Å². The molecular weight excluding hydrogens is 332 g/mol. The van der Waals surface area contributed by atoms with Crippen LogP contribution < -0.4 is 16.0 Å². The van der Waals surface area contributed by atoms with E-state index < -0.39 is 4.92 Å². The Balaban J connectivity index is 1.71. The van der Waals surface area contributed by atoms with Crippen LogP contribution in [-0.4, -0.2) is 30.0 Å². The number of nitrogens with zero attached hydrogens (tertiary/aromatic N) is 1. The highest BCUT2D eigenvalue weighted by atomic mass is 16.6. The number of nitro groups is 1. The van der Waals surface area contributed by atoms with Crippen molar-refractivity contribution in [2.75, 3.05) is 18.4 Å². The third-order valence-electron chi connectivity index (χ3n) is 4.46. The summed E-state index contributed by atoms with van der Waals surface area (Å²) >= 11 is 0. The fourth-order valence-electron chi connectivity index (χ4n) is 3.00. The number of amides is 1. The summed E-state index contributed by atoms with van der Waals surface area (Å²) in [7, 11) is 0. The van der Waals surface area contributed by atoms with Gasteiger partial charge in [0, 0.05) is 24.2 Å². The third kappa shape index (κ3) is 4.58. The number of hydrogen-bond acceptors (Lipinski definition) is 5. The molecule has 0 bridgehead atoms. The summed E-state index contributed by atoms with van der Waals surface area (Å²) in [6.45, 7) is 2.21. The van der Waals surface area contributed by atoms with Gasteiger partial charge in [0.05, 0.1) is 4.92 Å². The van der Waals surface area contributed by atoms with Crippen LogP contribution in [0.25, 0.3) is 0 Å². The van der Waals surface area contributed by atoms with Gasteiger partial charge in [0.2, 0.25) is 0 Å². The van der Waals surface area contributed by atoms with E-state index in [2.05, 4.69) is 16.0 Å². The van der Waals surface area contributed by atoms with Crippen molar-refractivity contribution in [2.45, 2.75) is 25.4 Å². The van der Waals surface area contributed by atoms with Gasteiger partial charge in [-0.25, -0.2) is 0 Å². The Morgan fingerprint density at radius 2 is 1.88 bits per heavy atom. The number of carbonyl (C=O) groups is 1. The van der Waals surface area contributed by atoms with Gasteiger partial charge >= 0.3 is 0 Å². The van der Waals surface area contributed by atoms with E-state index in [0.717, 1.165) is 31.5 Å². The number of nitrogens with one attached hydrogen (secondary N) is 3. The zero-order chi connectivity index (χ0) is 18.4. The fourth-order valence-corrected chi connectivity index (χ4v) is 3.00. The van der Waals surface area contributed by atoms with Crippen LogP contribution in [0.1, 0.15) is 28.8 Å². The first kappa shape index (κ1) is 17.9. The largest absolute Gasteiger partial charge is 0.375 e. The van der Waals surface area contributed by atoms with Crippen LogP contribution in [-0.2, 0) is 6.54 Å². The molecule has 1 aliphatic rings. The maximum absolute atomic E-state index is 12.4. The van der Waals surface area contributed by atoms with Crippen LogP contribution in [0.15, 0.2) is 48.5 Å². The van der Waals surface area contributed by atoms with E-state index in [0.29, 0.717) is 17.8 Å². The second-order valence-electron chi connectivity index (χ2n) is 6.33. The highest BCUT2D eigenvalue weighted by Crippen LogP contribution is 2.26. The van der Waals surface area contributed by atoms with Gasteiger partial charge in [-0.2, -0.15) is 0 Å². The molecule has 26 heavy (non-hydrogen) atoms. The maximum Gasteiger partial charge on any atom is 0.293 e. The first-order valence-electron chi connectivity index (χ1n) is 8.71. The van der Waals surface area contributed by atoms with Gasteiger partial charge in [-0.05, 0) is 43.6 Å². The van der Waals surface area contributed by atoms with Crippen molar-refractivity contribution in [3.63, 3.8) is 0 Å². The number of benzene rings is 2. The minimum absolute atomic E-state index is 0.0982. The molecule has 0 unspecified atom stereocenters. The Bertz CT molecular complexity index is 774. The van der Waals surface area contributed by atoms with Crippen molar-refractivity contribution in [3.8, 4) is 0 Å². The van der Waals surface area contributed by atoms with E-state index in [9.17, 15) is 14.9 Å². The van der Waals surface area contributed by atoms with E-state index in [1.54, 1.807) is 12.1 Å². The van der Waals surface area contributed by atoms with Crippen molar-refractivity contribution >= 4 is 17.3 Å². The quantitative estimate of drug-likeness (QED) is 0.547. The molecule has 0 aromatic heterocycles. The number of carbonyl (C=O) groups excluding carboxylic acids is 1. The second-order valence-corrected chi connectivity index (χ2v) is 6.33. The van der Waals surface area contributed by atoms with Gasteiger partial charge in [-0.15, -0.1) is 0 Å². The molecule has 1 aliphatic heterocycles. The van der Waals surface area contributed by atoms with Gasteiger partial charge in [-0.3, -0.25) is 14.9 Å². The predicted octanol–water partition coefficient (Wildman–Crippen LogP) is 2.69. The Morgan fingerprint density at radius 3 is 2.58 bits per heavy atom. The molecule has 0 radical (unpaired) electrons. The summed E-state index contributed by atoms with van der Waals surface area (Å²) < 4.78 is 0. The number of rotatable bonds is 6. The molecule has 0 aliphatic carbocycles. The summed E-state index contributed by atoms with van der Waals surface area (Å²) in [5, 5.41) is 20.7. The average Bonchev–Trinajstić information content (AvgIpc) is 2.67. The van der Waals surface area contributed by atoms with Crippen LogP contribution in [0.3, 0.4) is 0 Å². The Labute approximate surface area is 152 Å². The summed E-state index contributed by atoms with van der Waals surface area (Å²) in [4.78, 5) is 23.4. The predicted molar refractivity (Wildman–Crippen MR) is 100 cm³/mol. The van der Waals surface area contributed by atoms with Crippen molar-refractivity contribution < 1.29 is 9.72 Å². The van der Waals surface area contributed by atoms with E-state index in [1.165, 1.54) is 6.07 Å². The molecule has 1 saturated heterocycles. The minimum Gasteiger partial charge on any atom is -0.375 e. The lowest BCUT2D eigenvalue weighted by molar-refractivity contribution is -0.384. The molecule has 136 valence electrons. The van der Waals surface area contributed by atoms with Crippen molar-refractivity contribution in [3.05, 3.63) is 69.8 Å². The zero-order valence-electron chi connectivity index (χ0n) is 14.4. The molecule has 1 heterocycles. The topological polar surface area (TPSA) is 96.3 Å². The van der Waals surface area contributed by atoms with E-state index >= 15 is 0 Å². The molecule has 3 rings (SSSR count). The SMILES string of the molecule is O=C(NC1CCNCC1)c1ccc(NCc2ccccc2)c([N+](=O)[O-])c1. The summed E-state index contributed by atoms with van der Waals surface area (Å²) in [5.41, 5.74) is 1.63. The lowest BCUT2D eigenvalue weighted by Crippen LogP contribution is -2.42. The van der Waals surface area contributed by atoms with Crippen molar-refractivity contribution in [2.24, 2.45) is 0 Å². The first-order valence-corrected chi connectivity index (χ1v) is 8.71. The van der Waals surface area contributed by atoms with Crippen LogP contribution >= 0.6 is 0 Å². The first-order chi connectivity index (χ1) is 12.6. The Hall–Kier alpha value is -2.93. The van der Waals surface area contributed by atoms with Crippen LogP contribution in [0.5, 0.6) is 0 Å². The van der Waals surface area contributed by atoms with Crippen molar-refractivity contribution in [1.82, 2.24) is 10.6 Å². The molecule has 3 N–H and O–H groups in total. The molecule has 7 heteroatoms. The summed E-state index contributed by atoms with van der Waals surface area (Å²) in [5.74, 6) is -0.269. The number of anilines is 1. The summed E-state index contributed by atoms with van der Waals surface area (Å²) in [6, 6.07) is 14.3. The second kappa shape index (κ2) is 8.44. The highest BCUT2D eigenvalue weighted by molar-refractivity contribution is 5.96. The Kier molecular flexibility index (Phi) is 5.80. The smallest absolute Gasteiger partial charge is 0.293 e. The fraction of sp³-hybridized carbons (Fsp3) is 0.316. The van der Waals surface area contributed by atoms with Gasteiger partial charge in [0.1, 0.15) is 5.69 Å². The van der Waals surface area contributed by atoms with Gasteiger partial charge in [-0.1, -0.05) is 30.3 Å². The average molecular weight is 354 g/mol. The van der Waals surface area contributed by atoms with Gasteiger partial charge in [0.25, 0.3) is 11.6 Å². The molecule has 2 aromatic carbocycles. The van der Waals surface area contributed by atoms with E-state index in [4.69, 9.17) is 0 Å². The van der Waals surface area contributed by atoms with Crippen molar-refractivity contribution in [1.29, 1.82) is 0 Å². The molecule has 2 aromatic rings. The van der Waals surface area contributed by atoms with Gasteiger partial charge < -0.3 is 16.0 Å². The van der Waals surface area contributed by atoms with Crippen LogP contribution in [0, 0.1) is 10.1 Å². The standard InChI is InChI=1S/C19H22N4O3/c24-19(22-16-8-10-20-11-9-16)15-6-7-17(18(12-15)23(25)26)21-13-14-4-2-1-3-5-14/h1-7,12,16,20-21H,8-11,13H2,(H,22,24). The molecule has 0 atom stereocenters. The monoisotopic (exact) mass is 354 g/mol. The van der Waals surface area contributed by atoms with E-state index in [-0.39, 0.29) is 17.6 Å². The molecule has 0 spiro atoms.